The molecule has 2 bridgehead atoms. The highest BCUT2D eigenvalue weighted by Gasteiger charge is 2.38. The van der Waals surface area contributed by atoms with Crippen LogP contribution in [0.5, 0.6) is 0 Å². The summed E-state index contributed by atoms with van der Waals surface area (Å²) in [5.74, 6) is 0.829. The molecule has 2 aliphatic heterocycles. The molecule has 0 aliphatic carbocycles. The SMILES string of the molecule is Cc1cccc(-n2nccn2)c1C(=O)N1CC2CN(c3cnc4ccccc4n3)CC(C1)O2. The molecular weight excluding hydrogens is 418 g/mol. The molecule has 0 radical (unpaired) electrons. The fourth-order valence-corrected chi connectivity index (χ4v) is 4.74. The number of aromatic nitrogens is 5. The Labute approximate surface area is 190 Å². The highest BCUT2D eigenvalue weighted by Crippen LogP contribution is 2.27. The van der Waals surface area contributed by atoms with E-state index < -0.39 is 0 Å². The van der Waals surface area contributed by atoms with Gasteiger partial charge in [-0.3, -0.25) is 9.78 Å². The van der Waals surface area contributed by atoms with Crippen LogP contribution in [0.25, 0.3) is 16.7 Å². The molecule has 2 aromatic carbocycles. The van der Waals surface area contributed by atoms with Crippen molar-refractivity contribution in [1.29, 1.82) is 0 Å². The van der Waals surface area contributed by atoms with Gasteiger partial charge in [-0.1, -0.05) is 24.3 Å². The molecule has 9 heteroatoms. The average Bonchev–Trinajstić information content (AvgIpc) is 3.37. The van der Waals surface area contributed by atoms with Gasteiger partial charge in [0.15, 0.2) is 0 Å². The van der Waals surface area contributed by atoms with Crippen LogP contribution in [-0.2, 0) is 4.74 Å². The summed E-state index contributed by atoms with van der Waals surface area (Å²) in [5, 5.41) is 8.46. The third-order valence-corrected chi connectivity index (χ3v) is 6.23. The zero-order chi connectivity index (χ0) is 22.4. The van der Waals surface area contributed by atoms with E-state index in [9.17, 15) is 4.79 Å². The van der Waals surface area contributed by atoms with Gasteiger partial charge in [-0.05, 0) is 30.7 Å². The van der Waals surface area contributed by atoms with E-state index in [1.165, 1.54) is 4.80 Å². The summed E-state index contributed by atoms with van der Waals surface area (Å²) >= 11 is 0. The van der Waals surface area contributed by atoms with Crippen LogP contribution in [0, 0.1) is 6.92 Å². The van der Waals surface area contributed by atoms with Crippen molar-refractivity contribution >= 4 is 22.8 Å². The van der Waals surface area contributed by atoms with Crippen molar-refractivity contribution in [2.24, 2.45) is 0 Å². The Morgan fingerprint density at radius 3 is 2.42 bits per heavy atom. The molecule has 0 spiro atoms. The van der Waals surface area contributed by atoms with Crippen LogP contribution in [0.1, 0.15) is 15.9 Å². The van der Waals surface area contributed by atoms with Gasteiger partial charge in [-0.2, -0.15) is 15.0 Å². The lowest BCUT2D eigenvalue weighted by molar-refractivity contribution is -0.0847. The Kier molecular flexibility index (Phi) is 4.76. The number of morpholine rings is 2. The first-order valence-electron chi connectivity index (χ1n) is 11.0. The van der Waals surface area contributed by atoms with Gasteiger partial charge in [0.05, 0.1) is 53.1 Å². The predicted molar refractivity (Wildman–Crippen MR) is 122 cm³/mol. The molecule has 2 saturated heterocycles. The molecule has 0 saturated carbocycles. The van der Waals surface area contributed by atoms with E-state index in [0.29, 0.717) is 37.4 Å². The molecule has 2 fully saturated rings. The van der Waals surface area contributed by atoms with E-state index in [1.807, 2.05) is 60.5 Å². The largest absolute Gasteiger partial charge is 0.368 e. The van der Waals surface area contributed by atoms with Crippen molar-refractivity contribution in [3.8, 4) is 5.69 Å². The van der Waals surface area contributed by atoms with Crippen molar-refractivity contribution < 1.29 is 9.53 Å². The number of rotatable bonds is 3. The Balaban J connectivity index is 1.24. The number of hydrogen-bond donors (Lipinski definition) is 0. The lowest BCUT2D eigenvalue weighted by Gasteiger charge is -2.46. The quantitative estimate of drug-likeness (QED) is 0.482. The summed E-state index contributed by atoms with van der Waals surface area (Å²) in [6.45, 7) is 4.31. The van der Waals surface area contributed by atoms with Gasteiger partial charge in [0.1, 0.15) is 5.82 Å². The fraction of sp³-hybridized carbons (Fsp3) is 0.292. The molecule has 2 aromatic heterocycles. The number of anilines is 1. The van der Waals surface area contributed by atoms with E-state index in [2.05, 4.69) is 20.1 Å². The van der Waals surface area contributed by atoms with Gasteiger partial charge in [-0.25, -0.2) is 4.98 Å². The maximum Gasteiger partial charge on any atom is 0.256 e. The monoisotopic (exact) mass is 441 g/mol. The maximum absolute atomic E-state index is 13.6. The third-order valence-electron chi connectivity index (χ3n) is 6.23. The number of nitrogens with zero attached hydrogens (tertiary/aromatic N) is 7. The molecule has 2 aliphatic rings. The number of ether oxygens (including phenoxy) is 1. The number of fused-ring (bicyclic) bond motifs is 3. The van der Waals surface area contributed by atoms with Crippen molar-refractivity contribution in [2.75, 3.05) is 31.1 Å². The van der Waals surface area contributed by atoms with E-state index in [-0.39, 0.29) is 18.1 Å². The molecule has 2 atom stereocenters. The van der Waals surface area contributed by atoms with Crippen LogP contribution in [0.4, 0.5) is 5.82 Å². The van der Waals surface area contributed by atoms with Crippen LogP contribution in [0.15, 0.2) is 61.1 Å². The van der Waals surface area contributed by atoms with Crippen LogP contribution in [0.2, 0.25) is 0 Å². The second-order valence-electron chi connectivity index (χ2n) is 8.50. The van der Waals surface area contributed by atoms with Gasteiger partial charge in [0.25, 0.3) is 5.91 Å². The molecular formula is C24H23N7O2. The molecule has 0 N–H and O–H groups in total. The van der Waals surface area contributed by atoms with Crippen LogP contribution < -0.4 is 4.90 Å². The van der Waals surface area contributed by atoms with E-state index >= 15 is 0 Å². The highest BCUT2D eigenvalue weighted by molar-refractivity contribution is 5.99. The first kappa shape index (κ1) is 19.8. The lowest BCUT2D eigenvalue weighted by atomic mass is 10.0. The Hall–Kier alpha value is -3.85. The number of aryl methyl sites for hydroxylation is 1. The van der Waals surface area contributed by atoms with Gasteiger partial charge < -0.3 is 14.5 Å². The topological polar surface area (TPSA) is 89.3 Å². The minimum absolute atomic E-state index is 0.0161. The Bertz CT molecular complexity index is 1310. The summed E-state index contributed by atoms with van der Waals surface area (Å²) in [7, 11) is 0. The smallest absolute Gasteiger partial charge is 0.256 e. The van der Waals surface area contributed by atoms with Gasteiger partial charge in [0, 0.05) is 26.2 Å². The number of amides is 1. The van der Waals surface area contributed by atoms with Crippen LogP contribution >= 0.6 is 0 Å². The van der Waals surface area contributed by atoms with Crippen molar-refractivity contribution in [3.63, 3.8) is 0 Å². The second-order valence-corrected chi connectivity index (χ2v) is 8.50. The van der Waals surface area contributed by atoms with Crippen molar-refractivity contribution in [1.82, 2.24) is 29.9 Å². The standard InChI is InChI=1S/C24H23N7O2/c1-16-5-4-8-21(31-26-9-10-27-31)23(16)24(32)30-14-17-12-29(13-18(15-30)33-17)22-11-25-19-6-2-3-7-20(19)28-22/h2-11,17-18H,12-15H2,1H3. The number of carbonyl (C=O) groups is 1. The van der Waals surface area contributed by atoms with Crippen LogP contribution in [-0.4, -0.2) is 74.2 Å². The van der Waals surface area contributed by atoms with E-state index in [0.717, 1.165) is 22.4 Å². The fourth-order valence-electron chi connectivity index (χ4n) is 4.74. The van der Waals surface area contributed by atoms with E-state index in [1.54, 1.807) is 12.4 Å². The number of benzene rings is 2. The molecule has 4 aromatic rings. The number of carbonyl (C=O) groups excluding carboxylic acids is 1. The zero-order valence-electron chi connectivity index (χ0n) is 18.2. The molecule has 33 heavy (non-hydrogen) atoms. The minimum atomic E-state index is -0.0926. The normalized spacial score (nSPS) is 20.3. The van der Waals surface area contributed by atoms with Crippen molar-refractivity contribution in [2.45, 2.75) is 19.1 Å². The summed E-state index contributed by atoms with van der Waals surface area (Å²) in [6.07, 6.45) is 4.86. The molecule has 9 nitrogen and oxygen atoms in total. The summed E-state index contributed by atoms with van der Waals surface area (Å²) in [5.41, 5.74) is 3.98. The van der Waals surface area contributed by atoms with Gasteiger partial charge in [0.2, 0.25) is 0 Å². The van der Waals surface area contributed by atoms with Crippen LogP contribution in [0.3, 0.4) is 0 Å². The van der Waals surface area contributed by atoms with Crippen molar-refractivity contribution in [3.05, 3.63) is 72.2 Å². The first-order valence-corrected chi connectivity index (χ1v) is 11.0. The summed E-state index contributed by atoms with van der Waals surface area (Å²) < 4.78 is 6.20. The average molecular weight is 441 g/mol. The second kappa shape index (κ2) is 7.93. The molecule has 166 valence electrons. The van der Waals surface area contributed by atoms with Gasteiger partial charge >= 0.3 is 0 Å². The first-order chi connectivity index (χ1) is 16.2. The zero-order valence-corrected chi connectivity index (χ0v) is 18.2. The number of hydrogen-bond acceptors (Lipinski definition) is 7. The summed E-state index contributed by atoms with van der Waals surface area (Å²) in [6, 6.07) is 13.6. The molecule has 6 rings (SSSR count). The minimum Gasteiger partial charge on any atom is -0.368 e. The maximum atomic E-state index is 13.6. The summed E-state index contributed by atoms with van der Waals surface area (Å²) in [4.78, 5) is 28.6. The van der Waals surface area contributed by atoms with E-state index in [4.69, 9.17) is 9.72 Å². The third kappa shape index (κ3) is 3.60. The number of para-hydroxylation sites is 2. The predicted octanol–water partition coefficient (Wildman–Crippen LogP) is 2.25. The van der Waals surface area contributed by atoms with Gasteiger partial charge in [-0.15, -0.1) is 0 Å². The molecule has 1 amide bonds. The highest BCUT2D eigenvalue weighted by atomic mass is 16.5. The lowest BCUT2D eigenvalue weighted by Crippen LogP contribution is -2.61. The molecule has 2 unspecified atom stereocenters. The molecule has 4 heterocycles. The Morgan fingerprint density at radius 1 is 0.939 bits per heavy atom. The Morgan fingerprint density at radius 2 is 1.67 bits per heavy atom.